The quantitative estimate of drug-likeness (QED) is 0.338. The molecule has 0 bridgehead atoms. The van der Waals surface area contributed by atoms with Gasteiger partial charge in [0.05, 0.1) is 30.6 Å². The molecule has 0 aliphatic heterocycles. The summed E-state index contributed by atoms with van der Waals surface area (Å²) in [4.78, 5) is 18.0. The lowest BCUT2D eigenvalue weighted by Gasteiger charge is -2.28. The Balaban J connectivity index is 1.33. The first kappa shape index (κ1) is 24.7. The molecule has 5 rings (SSSR count). The summed E-state index contributed by atoms with van der Waals surface area (Å²) < 4.78 is 32.6. The van der Waals surface area contributed by atoms with Crippen LogP contribution in [0.25, 0.3) is 10.4 Å². The van der Waals surface area contributed by atoms with Gasteiger partial charge in [0.15, 0.2) is 0 Å². The molecule has 2 saturated carbocycles. The largest absolute Gasteiger partial charge is 0.447 e. The monoisotopic (exact) mass is 530 g/mol. The molecule has 3 N–H and O–H groups in total. The molecule has 2 heterocycles. The molecule has 1 aromatic carbocycles. The number of aromatic nitrogens is 3. The number of thiazole rings is 1. The van der Waals surface area contributed by atoms with Gasteiger partial charge in [0.1, 0.15) is 0 Å². The predicted octanol–water partition coefficient (Wildman–Crippen LogP) is 5.67. The summed E-state index contributed by atoms with van der Waals surface area (Å²) in [5.74, 6) is 0.314. The Hall–Kier alpha value is -2.99. The van der Waals surface area contributed by atoms with E-state index in [0.717, 1.165) is 54.0 Å². The summed E-state index contributed by atoms with van der Waals surface area (Å²) in [5.41, 5.74) is 1.43. The highest BCUT2D eigenvalue weighted by Gasteiger charge is 2.36. The van der Waals surface area contributed by atoms with Gasteiger partial charge in [-0.15, -0.1) is 16.4 Å². The Kier molecular flexibility index (Phi) is 6.98. The number of carbonyl (C=O) groups excluding carboxylic acids is 1. The fourth-order valence-corrected chi connectivity index (χ4v) is 7.64. The second kappa shape index (κ2) is 10.2. The normalized spacial score (nSPS) is 21.6. The van der Waals surface area contributed by atoms with E-state index in [4.69, 9.17) is 18.9 Å². The van der Waals surface area contributed by atoms with E-state index in [9.17, 15) is 9.00 Å². The van der Waals surface area contributed by atoms with E-state index >= 15 is 0 Å². The zero-order valence-corrected chi connectivity index (χ0v) is 21.9. The molecule has 1 unspecified atom stereocenters. The molecule has 12 heteroatoms. The fraction of sp³-hybridized carbons (Fsp3) is 0.500. The van der Waals surface area contributed by atoms with Crippen molar-refractivity contribution < 1.29 is 18.2 Å². The summed E-state index contributed by atoms with van der Waals surface area (Å²) in [6.45, 7) is 3.67. The second-order valence-electron chi connectivity index (χ2n) is 9.59. The summed E-state index contributed by atoms with van der Waals surface area (Å²) >= 11 is 1.60. The Bertz CT molecular complexity index is 1310. The topological polar surface area (TPSA) is 143 Å². The van der Waals surface area contributed by atoms with Crippen LogP contribution in [0.4, 0.5) is 16.5 Å². The third-order valence-corrected chi connectivity index (χ3v) is 10.0. The molecule has 2 aliphatic carbocycles. The van der Waals surface area contributed by atoms with E-state index in [-0.39, 0.29) is 29.5 Å². The Labute approximate surface area is 214 Å². The number of rotatable bonds is 8. The first-order valence-electron chi connectivity index (χ1n) is 12.2. The smallest absolute Gasteiger partial charge is 0.407 e. The van der Waals surface area contributed by atoms with E-state index in [1.807, 2.05) is 32.2 Å². The highest BCUT2D eigenvalue weighted by molar-refractivity contribution is 7.93. The molecule has 0 saturated heterocycles. The van der Waals surface area contributed by atoms with Gasteiger partial charge < -0.3 is 19.8 Å². The van der Waals surface area contributed by atoms with Crippen molar-refractivity contribution in [3.8, 4) is 10.4 Å². The zero-order chi connectivity index (χ0) is 25.3. The van der Waals surface area contributed by atoms with Crippen molar-refractivity contribution in [2.24, 2.45) is 0 Å². The van der Waals surface area contributed by atoms with Crippen LogP contribution >= 0.6 is 11.3 Å². The van der Waals surface area contributed by atoms with Crippen molar-refractivity contribution in [2.45, 2.75) is 80.6 Å². The lowest BCUT2D eigenvalue weighted by Crippen LogP contribution is -2.38. The van der Waals surface area contributed by atoms with Crippen LogP contribution in [0.1, 0.15) is 63.3 Å². The molecule has 3 aromatic rings. The standard InChI is InChI=1S/C24H30N6O4S2/c1-14(2)34-24(31)29-16-5-3-15(4-6-16)22-26-12-20(35-22)19-10-7-17(28-23-30-27-13-33-23)11-21(19)36(25,32)18-8-9-18/h7,10-16,18,25H,3-6,8-9H2,1-2H3,(H,28,30)(H,29,31)/t15-,16-,36?. The van der Waals surface area contributed by atoms with Gasteiger partial charge in [0, 0.05) is 34.7 Å². The number of hydrogen-bond donors (Lipinski definition) is 3. The van der Waals surface area contributed by atoms with Gasteiger partial charge in [-0.2, -0.15) is 0 Å². The molecular formula is C24H30N6O4S2. The van der Waals surface area contributed by atoms with Crippen LogP contribution in [-0.2, 0) is 14.5 Å². The van der Waals surface area contributed by atoms with Crippen molar-refractivity contribution in [3.63, 3.8) is 0 Å². The van der Waals surface area contributed by atoms with Gasteiger partial charge >= 0.3 is 12.1 Å². The van der Waals surface area contributed by atoms with Crippen molar-refractivity contribution in [1.29, 1.82) is 4.78 Å². The molecule has 2 fully saturated rings. The number of nitrogens with one attached hydrogen (secondary N) is 3. The SMILES string of the molecule is CC(C)OC(=O)N[C@H]1CC[C@H](c2ncc(-c3ccc(Nc4nnco4)cc3S(=N)(=O)C3CC3)s2)CC1. The maximum Gasteiger partial charge on any atom is 0.407 e. The molecule has 36 heavy (non-hydrogen) atoms. The zero-order valence-electron chi connectivity index (χ0n) is 20.2. The summed E-state index contributed by atoms with van der Waals surface area (Å²) in [7, 11) is -2.97. The predicted molar refractivity (Wildman–Crippen MR) is 137 cm³/mol. The van der Waals surface area contributed by atoms with Crippen LogP contribution < -0.4 is 10.6 Å². The molecule has 1 amide bonds. The second-order valence-corrected chi connectivity index (χ2v) is 13.0. The van der Waals surface area contributed by atoms with Crippen molar-refractivity contribution in [2.75, 3.05) is 5.32 Å². The first-order chi connectivity index (χ1) is 17.3. The van der Waals surface area contributed by atoms with Crippen LogP contribution in [0, 0.1) is 4.78 Å². The van der Waals surface area contributed by atoms with Crippen molar-refractivity contribution in [1.82, 2.24) is 20.5 Å². The van der Waals surface area contributed by atoms with Gasteiger partial charge in [0.2, 0.25) is 6.39 Å². The molecule has 2 aromatic heterocycles. The third-order valence-electron chi connectivity index (χ3n) is 6.44. The first-order valence-corrected chi connectivity index (χ1v) is 14.6. The third kappa shape index (κ3) is 5.54. The summed E-state index contributed by atoms with van der Waals surface area (Å²) in [5, 5.41) is 14.4. The van der Waals surface area contributed by atoms with Crippen LogP contribution in [0.3, 0.4) is 0 Å². The van der Waals surface area contributed by atoms with Crippen LogP contribution in [-0.4, -0.2) is 42.9 Å². The highest BCUT2D eigenvalue weighted by atomic mass is 32.2. The molecule has 0 radical (unpaired) electrons. The number of anilines is 2. The van der Waals surface area contributed by atoms with Gasteiger partial charge in [-0.3, -0.25) is 0 Å². The van der Waals surface area contributed by atoms with E-state index in [0.29, 0.717) is 16.5 Å². The van der Waals surface area contributed by atoms with Crippen molar-refractivity contribution in [3.05, 3.63) is 35.8 Å². The Morgan fingerprint density at radius 1 is 1.22 bits per heavy atom. The maximum absolute atomic E-state index is 13.5. The number of ether oxygens (including phenoxy) is 1. The number of benzene rings is 1. The van der Waals surface area contributed by atoms with Crippen LogP contribution in [0.5, 0.6) is 0 Å². The Morgan fingerprint density at radius 2 is 2.00 bits per heavy atom. The number of hydrogen-bond acceptors (Lipinski definition) is 10. The Morgan fingerprint density at radius 3 is 2.67 bits per heavy atom. The average Bonchev–Trinajstić information content (AvgIpc) is 3.38. The lowest BCUT2D eigenvalue weighted by atomic mass is 9.86. The van der Waals surface area contributed by atoms with Crippen LogP contribution in [0.15, 0.2) is 40.1 Å². The number of carbonyl (C=O) groups is 1. The molecule has 0 spiro atoms. The molecule has 2 aliphatic rings. The van der Waals surface area contributed by atoms with E-state index in [2.05, 4.69) is 20.8 Å². The van der Waals surface area contributed by atoms with E-state index < -0.39 is 9.73 Å². The molecule has 1 atom stereocenters. The van der Waals surface area contributed by atoms with Crippen LogP contribution in [0.2, 0.25) is 0 Å². The van der Waals surface area contributed by atoms with E-state index in [1.54, 1.807) is 17.4 Å². The molecular weight excluding hydrogens is 500 g/mol. The average molecular weight is 531 g/mol. The summed E-state index contributed by atoms with van der Waals surface area (Å²) in [6.07, 6.45) is 7.77. The fourth-order valence-electron chi connectivity index (χ4n) is 4.49. The van der Waals surface area contributed by atoms with Gasteiger partial charge in [-0.1, -0.05) is 11.2 Å². The van der Waals surface area contributed by atoms with Crippen molar-refractivity contribution >= 4 is 38.9 Å². The maximum atomic E-state index is 13.5. The minimum absolute atomic E-state index is 0.115. The summed E-state index contributed by atoms with van der Waals surface area (Å²) in [6, 6.07) is 5.86. The van der Waals surface area contributed by atoms with E-state index in [1.165, 1.54) is 6.39 Å². The van der Waals surface area contributed by atoms with Gasteiger partial charge in [0.25, 0.3) is 0 Å². The van der Waals surface area contributed by atoms with Gasteiger partial charge in [-0.25, -0.2) is 18.8 Å². The number of nitrogens with zero attached hydrogens (tertiary/aromatic N) is 3. The highest BCUT2D eigenvalue weighted by Crippen LogP contribution is 2.43. The number of alkyl carbamates (subject to hydrolysis) is 1. The number of amides is 1. The molecule has 10 nitrogen and oxygen atoms in total. The minimum atomic E-state index is -2.97. The van der Waals surface area contributed by atoms with Gasteiger partial charge in [-0.05, 0) is 64.5 Å². The minimum Gasteiger partial charge on any atom is -0.447 e. The lowest BCUT2D eigenvalue weighted by molar-refractivity contribution is 0.109. The molecule has 192 valence electrons.